The summed E-state index contributed by atoms with van der Waals surface area (Å²) in [6.45, 7) is 24.5. The number of rotatable bonds is 10. The average Bonchev–Trinajstić information content (AvgIpc) is 2.56. The van der Waals surface area contributed by atoms with Gasteiger partial charge in [-0.3, -0.25) is 0 Å². The lowest BCUT2D eigenvalue weighted by Crippen LogP contribution is -1.95. The van der Waals surface area contributed by atoms with Crippen molar-refractivity contribution in [3.8, 4) is 0 Å². The molecule has 0 spiro atoms. The van der Waals surface area contributed by atoms with Gasteiger partial charge >= 0.3 is 0 Å². The Labute approximate surface area is 147 Å². The molecule has 0 aromatic rings. The molecule has 0 aliphatic heterocycles. The Bertz CT molecular complexity index is 715. The number of allylic oxidation sites excluding steroid dienone is 11. The first-order valence-corrected chi connectivity index (χ1v) is 7.38. The van der Waals surface area contributed by atoms with E-state index in [0.717, 1.165) is 0 Å². The molecule has 0 aromatic heterocycles. The van der Waals surface area contributed by atoms with E-state index >= 15 is 0 Å². The van der Waals surface area contributed by atoms with Crippen LogP contribution in [0.1, 0.15) is 13.8 Å². The van der Waals surface area contributed by atoms with Gasteiger partial charge < -0.3 is 4.74 Å². The molecule has 0 atom stereocenters. The van der Waals surface area contributed by atoms with Crippen LogP contribution in [0.2, 0.25) is 0 Å². The molecule has 0 amide bonds. The van der Waals surface area contributed by atoms with Gasteiger partial charge in [0.05, 0.1) is 6.61 Å². The van der Waals surface area contributed by atoms with Gasteiger partial charge in [0, 0.05) is 5.57 Å². The second-order valence-electron chi connectivity index (χ2n) is 5.14. The fourth-order valence-electron chi connectivity index (χ4n) is 1.41. The number of hydrogen-bond donors (Lipinski definition) is 0. The van der Waals surface area contributed by atoms with E-state index < -0.39 is 23.2 Å². The van der Waals surface area contributed by atoms with E-state index in [0.29, 0.717) is 11.1 Å². The molecule has 0 fully saturated rings. The Morgan fingerprint density at radius 3 is 1.84 bits per heavy atom. The molecule has 0 radical (unpaired) electrons. The molecule has 0 rings (SSSR count). The van der Waals surface area contributed by atoms with Crippen molar-refractivity contribution in [3.63, 3.8) is 0 Å². The van der Waals surface area contributed by atoms with Crippen LogP contribution in [0, 0.1) is 0 Å². The largest absolute Gasteiger partial charge is 0.491 e. The molecular weight excluding hydrogens is 325 g/mol. The normalized spacial score (nSPS) is 12.4. The third kappa shape index (κ3) is 7.12. The summed E-state index contributed by atoms with van der Waals surface area (Å²) in [6.07, 6.45) is 4.00. The van der Waals surface area contributed by atoms with Crippen LogP contribution in [0.4, 0.5) is 13.2 Å². The highest BCUT2D eigenvalue weighted by molar-refractivity contribution is 5.52. The van der Waals surface area contributed by atoms with E-state index in [9.17, 15) is 13.2 Å². The van der Waals surface area contributed by atoms with Crippen molar-refractivity contribution in [2.75, 3.05) is 6.61 Å². The molecule has 0 aliphatic rings. The number of ether oxygens (including phenoxy) is 1. The molecule has 0 aromatic carbocycles. The summed E-state index contributed by atoms with van der Waals surface area (Å²) < 4.78 is 46.1. The van der Waals surface area contributed by atoms with Crippen LogP contribution in [0.25, 0.3) is 0 Å². The predicted octanol–water partition coefficient (Wildman–Crippen LogP) is 6.90. The van der Waals surface area contributed by atoms with Crippen LogP contribution in [0.5, 0.6) is 0 Å². The topological polar surface area (TPSA) is 9.23 Å². The van der Waals surface area contributed by atoms with E-state index in [1.165, 1.54) is 25.2 Å². The zero-order valence-electron chi connectivity index (χ0n) is 14.7. The van der Waals surface area contributed by atoms with Gasteiger partial charge in [-0.05, 0) is 42.2 Å². The highest BCUT2D eigenvalue weighted by Crippen LogP contribution is 2.27. The molecule has 4 heteroatoms. The van der Waals surface area contributed by atoms with Crippen molar-refractivity contribution in [2.45, 2.75) is 13.8 Å². The van der Waals surface area contributed by atoms with Gasteiger partial charge in [-0.2, -0.15) is 4.39 Å². The van der Waals surface area contributed by atoms with Crippen LogP contribution < -0.4 is 0 Å². The molecule has 1 nitrogen and oxygen atoms in total. The minimum atomic E-state index is -1.24. The van der Waals surface area contributed by atoms with Crippen LogP contribution in [-0.4, -0.2) is 6.61 Å². The standard InChI is InChI=1S/C21H23F3O/c1-9-25-18(8)21(24)20(23)17(7)15(5)11-10-14(4)16(6)12-19(22)13(2)3/h10-12H,2,4-9H2,1,3H3/b11-10-,19-12+,21-20-. The van der Waals surface area contributed by atoms with Gasteiger partial charge in [0.1, 0.15) is 5.83 Å². The highest BCUT2D eigenvalue weighted by atomic mass is 19.2. The Hall–Kier alpha value is -2.75. The van der Waals surface area contributed by atoms with E-state index in [1.54, 1.807) is 6.92 Å². The Morgan fingerprint density at radius 2 is 1.36 bits per heavy atom. The molecule has 25 heavy (non-hydrogen) atoms. The molecule has 0 N–H and O–H groups in total. The van der Waals surface area contributed by atoms with E-state index in [2.05, 4.69) is 39.5 Å². The smallest absolute Gasteiger partial charge is 0.200 e. The second kappa shape index (κ2) is 10.2. The summed E-state index contributed by atoms with van der Waals surface area (Å²) in [6, 6.07) is 0. The molecular formula is C21H23F3O. The third-order valence-corrected chi connectivity index (χ3v) is 3.02. The minimum absolute atomic E-state index is 0.107. The first-order chi connectivity index (χ1) is 11.5. The average molecular weight is 348 g/mol. The monoisotopic (exact) mass is 348 g/mol. The predicted molar refractivity (Wildman–Crippen MR) is 99.7 cm³/mol. The lowest BCUT2D eigenvalue weighted by molar-refractivity contribution is 0.224. The molecule has 0 unspecified atom stereocenters. The van der Waals surface area contributed by atoms with Gasteiger partial charge in [0.15, 0.2) is 11.6 Å². The van der Waals surface area contributed by atoms with Gasteiger partial charge in [-0.1, -0.05) is 51.6 Å². The van der Waals surface area contributed by atoms with Crippen molar-refractivity contribution in [3.05, 3.63) is 109 Å². The maximum Gasteiger partial charge on any atom is 0.200 e. The maximum atomic E-state index is 14.0. The minimum Gasteiger partial charge on any atom is -0.491 e. The summed E-state index contributed by atoms with van der Waals surface area (Å²) >= 11 is 0. The third-order valence-electron chi connectivity index (χ3n) is 3.02. The molecule has 0 aliphatic carbocycles. The maximum absolute atomic E-state index is 14.0. The summed E-state index contributed by atoms with van der Waals surface area (Å²) in [4.78, 5) is 0. The lowest BCUT2D eigenvalue weighted by Gasteiger charge is -2.08. The van der Waals surface area contributed by atoms with Crippen LogP contribution in [-0.2, 0) is 4.74 Å². The molecule has 0 heterocycles. The van der Waals surface area contributed by atoms with Crippen LogP contribution in [0.15, 0.2) is 109 Å². The van der Waals surface area contributed by atoms with Crippen molar-refractivity contribution in [2.24, 2.45) is 0 Å². The van der Waals surface area contributed by atoms with Gasteiger partial charge in [0.2, 0.25) is 5.83 Å². The lowest BCUT2D eigenvalue weighted by atomic mass is 10.0. The Balaban J connectivity index is 5.15. The highest BCUT2D eigenvalue weighted by Gasteiger charge is 2.15. The quantitative estimate of drug-likeness (QED) is 0.308. The van der Waals surface area contributed by atoms with Crippen molar-refractivity contribution in [1.82, 2.24) is 0 Å². The Kier molecular flexibility index (Phi) is 9.06. The van der Waals surface area contributed by atoms with E-state index in [-0.39, 0.29) is 23.3 Å². The van der Waals surface area contributed by atoms with Gasteiger partial charge in [-0.15, -0.1) is 0 Å². The van der Waals surface area contributed by atoms with Crippen LogP contribution in [0.3, 0.4) is 0 Å². The summed E-state index contributed by atoms with van der Waals surface area (Å²) in [5, 5.41) is 0. The summed E-state index contributed by atoms with van der Waals surface area (Å²) in [7, 11) is 0. The molecule has 134 valence electrons. The summed E-state index contributed by atoms with van der Waals surface area (Å²) in [5.74, 6) is -3.40. The first-order valence-electron chi connectivity index (χ1n) is 7.38. The number of hydrogen-bond acceptors (Lipinski definition) is 1. The molecule has 0 saturated heterocycles. The van der Waals surface area contributed by atoms with Crippen LogP contribution >= 0.6 is 0 Å². The second-order valence-corrected chi connectivity index (χ2v) is 5.14. The first kappa shape index (κ1) is 22.2. The van der Waals surface area contributed by atoms with E-state index in [4.69, 9.17) is 4.74 Å². The van der Waals surface area contributed by atoms with Gasteiger partial charge in [0.25, 0.3) is 0 Å². The van der Waals surface area contributed by atoms with Gasteiger partial charge in [-0.25, -0.2) is 8.78 Å². The number of halogens is 3. The summed E-state index contributed by atoms with van der Waals surface area (Å²) in [5.41, 5.74) is 0.774. The fourth-order valence-corrected chi connectivity index (χ4v) is 1.41. The zero-order valence-corrected chi connectivity index (χ0v) is 14.7. The molecule has 0 bridgehead atoms. The fraction of sp³-hybridized carbons (Fsp3) is 0.143. The zero-order chi connectivity index (χ0) is 19.7. The van der Waals surface area contributed by atoms with E-state index in [1.807, 2.05) is 0 Å². The Morgan fingerprint density at radius 1 is 0.840 bits per heavy atom. The SMILES string of the molecule is C=C(/C=C\C(=C)C(=C)/C(F)=C(/F)C(=C)OCC)C(=C)/C=C(/F)C(=C)C. The molecule has 0 saturated carbocycles. The van der Waals surface area contributed by atoms with Crippen molar-refractivity contribution in [1.29, 1.82) is 0 Å². The van der Waals surface area contributed by atoms with Crippen molar-refractivity contribution < 1.29 is 17.9 Å². The van der Waals surface area contributed by atoms with Crippen molar-refractivity contribution >= 4 is 0 Å².